The molecule has 8 nitrogen and oxygen atoms in total. The van der Waals surface area contributed by atoms with Gasteiger partial charge < -0.3 is 15.0 Å². The van der Waals surface area contributed by atoms with E-state index in [-0.39, 0.29) is 29.8 Å². The number of ether oxygens (including phenoxy) is 1. The molecular formula is C23H27N3O5S. The van der Waals surface area contributed by atoms with Crippen LogP contribution >= 0.6 is 0 Å². The van der Waals surface area contributed by atoms with Gasteiger partial charge in [-0.1, -0.05) is 13.0 Å². The lowest BCUT2D eigenvalue weighted by molar-refractivity contribution is -0.123. The minimum absolute atomic E-state index is 0.0871. The van der Waals surface area contributed by atoms with Crippen molar-refractivity contribution in [3.8, 4) is 5.75 Å². The highest BCUT2D eigenvalue weighted by atomic mass is 32.2. The number of hydrogen-bond donors (Lipinski definition) is 1. The van der Waals surface area contributed by atoms with Gasteiger partial charge in [0.25, 0.3) is 11.8 Å². The highest BCUT2D eigenvalue weighted by molar-refractivity contribution is 7.89. The average molecular weight is 458 g/mol. The Morgan fingerprint density at radius 3 is 2.44 bits per heavy atom. The minimum Gasteiger partial charge on any atom is -0.478 e. The fourth-order valence-electron chi connectivity index (χ4n) is 3.90. The molecule has 0 spiro atoms. The van der Waals surface area contributed by atoms with Crippen LogP contribution in [0.2, 0.25) is 0 Å². The number of aryl methyl sites for hydroxylation is 2. The van der Waals surface area contributed by atoms with Crippen LogP contribution in [0.4, 0.5) is 5.69 Å². The third-order valence-electron chi connectivity index (χ3n) is 6.06. The van der Waals surface area contributed by atoms with Gasteiger partial charge in [0, 0.05) is 31.7 Å². The zero-order valence-corrected chi connectivity index (χ0v) is 19.2. The summed E-state index contributed by atoms with van der Waals surface area (Å²) in [5.74, 6) is 0.0801. The lowest BCUT2D eigenvalue weighted by atomic mass is 10.1. The van der Waals surface area contributed by atoms with E-state index in [1.165, 1.54) is 16.4 Å². The predicted octanol–water partition coefficient (Wildman–Crippen LogP) is 2.56. The van der Waals surface area contributed by atoms with E-state index in [4.69, 9.17) is 4.74 Å². The van der Waals surface area contributed by atoms with Crippen LogP contribution in [-0.2, 0) is 14.8 Å². The Bertz CT molecular complexity index is 1170. The molecule has 2 aliphatic rings. The van der Waals surface area contributed by atoms with Crippen LogP contribution in [0.3, 0.4) is 0 Å². The lowest BCUT2D eigenvalue weighted by Gasteiger charge is -2.34. The number of nitrogens with zero attached hydrogens (tertiary/aromatic N) is 2. The van der Waals surface area contributed by atoms with Crippen molar-refractivity contribution < 1.29 is 22.7 Å². The van der Waals surface area contributed by atoms with Crippen molar-refractivity contribution in [3.63, 3.8) is 0 Å². The third kappa shape index (κ3) is 4.10. The quantitative estimate of drug-likeness (QED) is 0.761. The predicted molar refractivity (Wildman–Crippen MR) is 120 cm³/mol. The molecule has 4 rings (SSSR count). The summed E-state index contributed by atoms with van der Waals surface area (Å²) in [4.78, 5) is 26.7. The molecule has 0 bridgehead atoms. The van der Waals surface area contributed by atoms with Gasteiger partial charge in [-0.2, -0.15) is 4.31 Å². The zero-order valence-electron chi connectivity index (χ0n) is 18.4. The van der Waals surface area contributed by atoms with Gasteiger partial charge in [-0.25, -0.2) is 8.42 Å². The minimum atomic E-state index is -3.77. The first-order valence-electron chi connectivity index (χ1n) is 10.7. The molecule has 2 heterocycles. The molecule has 2 aliphatic heterocycles. The Kier molecular flexibility index (Phi) is 5.96. The van der Waals surface area contributed by atoms with Crippen LogP contribution in [0.15, 0.2) is 41.3 Å². The second-order valence-corrected chi connectivity index (χ2v) is 10.1. The van der Waals surface area contributed by atoms with E-state index in [1.807, 2.05) is 32.9 Å². The summed E-state index contributed by atoms with van der Waals surface area (Å²) in [6, 6.07) is 10.1. The maximum atomic E-state index is 13.2. The number of sulfonamides is 1. The molecule has 1 unspecified atom stereocenters. The van der Waals surface area contributed by atoms with Gasteiger partial charge in [0.2, 0.25) is 10.0 Å². The van der Waals surface area contributed by atoms with Gasteiger partial charge >= 0.3 is 0 Å². The van der Waals surface area contributed by atoms with Crippen LogP contribution < -0.4 is 10.1 Å². The summed E-state index contributed by atoms with van der Waals surface area (Å²) < 4.78 is 33.4. The van der Waals surface area contributed by atoms with Crippen molar-refractivity contribution >= 4 is 27.5 Å². The molecule has 1 saturated heterocycles. The number of rotatable bonds is 4. The van der Waals surface area contributed by atoms with Crippen LogP contribution in [-0.4, -0.2) is 61.7 Å². The molecule has 0 saturated carbocycles. The molecule has 2 aromatic carbocycles. The number of amides is 2. The van der Waals surface area contributed by atoms with E-state index in [0.29, 0.717) is 36.5 Å². The zero-order chi connectivity index (χ0) is 23.0. The smallest absolute Gasteiger partial charge is 0.265 e. The number of carbonyl (C=O) groups is 2. The second-order valence-electron chi connectivity index (χ2n) is 8.16. The largest absolute Gasteiger partial charge is 0.478 e. The number of anilines is 1. The molecule has 32 heavy (non-hydrogen) atoms. The Balaban J connectivity index is 1.46. The monoisotopic (exact) mass is 457 g/mol. The van der Waals surface area contributed by atoms with Gasteiger partial charge in [-0.05, 0) is 61.7 Å². The summed E-state index contributed by atoms with van der Waals surface area (Å²) in [7, 11) is -3.77. The Hall–Kier alpha value is -2.91. The molecule has 0 aliphatic carbocycles. The van der Waals surface area contributed by atoms with E-state index in [2.05, 4.69) is 5.32 Å². The van der Waals surface area contributed by atoms with E-state index in [0.717, 1.165) is 11.1 Å². The van der Waals surface area contributed by atoms with Crippen molar-refractivity contribution in [2.45, 2.75) is 38.2 Å². The summed E-state index contributed by atoms with van der Waals surface area (Å²) in [5.41, 5.74) is 3.13. The van der Waals surface area contributed by atoms with Crippen LogP contribution in [0.25, 0.3) is 0 Å². The fourth-order valence-corrected chi connectivity index (χ4v) is 5.35. The van der Waals surface area contributed by atoms with Crippen LogP contribution in [0, 0.1) is 13.8 Å². The van der Waals surface area contributed by atoms with Gasteiger partial charge in [-0.3, -0.25) is 9.59 Å². The van der Waals surface area contributed by atoms with Crippen molar-refractivity contribution in [2.24, 2.45) is 0 Å². The van der Waals surface area contributed by atoms with Crippen LogP contribution in [0.5, 0.6) is 5.75 Å². The number of piperazine rings is 1. The maximum absolute atomic E-state index is 13.2. The normalized spacial score (nSPS) is 19.2. The topological polar surface area (TPSA) is 96.0 Å². The van der Waals surface area contributed by atoms with E-state index in [1.54, 1.807) is 17.0 Å². The average Bonchev–Trinajstić information content (AvgIpc) is 2.79. The summed E-state index contributed by atoms with van der Waals surface area (Å²) in [6.45, 7) is 6.84. The SMILES string of the molecule is CCC1Oc2ccc(S(=O)(=O)N3CCN(C(=O)c4ccc(C)c(C)c4)CC3)cc2NC1=O. The molecule has 2 amide bonds. The van der Waals surface area contributed by atoms with Gasteiger partial charge in [0.1, 0.15) is 5.75 Å². The number of benzene rings is 2. The van der Waals surface area contributed by atoms with Crippen molar-refractivity contribution in [1.82, 2.24) is 9.21 Å². The third-order valence-corrected chi connectivity index (χ3v) is 7.95. The standard InChI is InChI=1S/C23H27N3O5S/c1-4-20-22(27)24-19-14-18(7-8-21(19)31-20)32(29,30)26-11-9-25(10-12-26)23(28)17-6-5-15(2)16(3)13-17/h5-8,13-14,20H,4,9-12H2,1-3H3,(H,24,27). The Labute approximate surface area is 188 Å². The van der Waals surface area contributed by atoms with Crippen LogP contribution in [0.1, 0.15) is 34.8 Å². The Morgan fingerprint density at radius 1 is 1.06 bits per heavy atom. The first-order chi connectivity index (χ1) is 15.2. The molecular weight excluding hydrogens is 430 g/mol. The molecule has 0 radical (unpaired) electrons. The number of nitrogens with one attached hydrogen (secondary N) is 1. The summed E-state index contributed by atoms with van der Waals surface area (Å²) in [5, 5.41) is 2.73. The van der Waals surface area contributed by atoms with E-state index in [9.17, 15) is 18.0 Å². The van der Waals surface area contributed by atoms with Gasteiger partial charge in [-0.15, -0.1) is 0 Å². The molecule has 170 valence electrons. The number of fused-ring (bicyclic) bond motifs is 1. The molecule has 1 N–H and O–H groups in total. The molecule has 0 aromatic heterocycles. The van der Waals surface area contributed by atoms with Gasteiger partial charge in [0.05, 0.1) is 10.6 Å². The fraction of sp³-hybridized carbons (Fsp3) is 0.391. The maximum Gasteiger partial charge on any atom is 0.265 e. The van der Waals surface area contributed by atoms with E-state index >= 15 is 0 Å². The van der Waals surface area contributed by atoms with Crippen molar-refractivity contribution in [3.05, 3.63) is 53.1 Å². The molecule has 1 atom stereocenters. The molecule has 2 aromatic rings. The lowest BCUT2D eigenvalue weighted by Crippen LogP contribution is -2.50. The molecule has 1 fully saturated rings. The second kappa shape index (κ2) is 8.55. The van der Waals surface area contributed by atoms with E-state index < -0.39 is 16.1 Å². The highest BCUT2D eigenvalue weighted by Gasteiger charge is 2.32. The Morgan fingerprint density at radius 2 is 1.78 bits per heavy atom. The van der Waals surface area contributed by atoms with Gasteiger partial charge in [0.15, 0.2) is 6.10 Å². The van der Waals surface area contributed by atoms with Crippen molar-refractivity contribution in [2.75, 3.05) is 31.5 Å². The number of hydrogen-bond acceptors (Lipinski definition) is 5. The van der Waals surface area contributed by atoms with Crippen molar-refractivity contribution in [1.29, 1.82) is 0 Å². The summed E-state index contributed by atoms with van der Waals surface area (Å²) in [6.07, 6.45) is -0.0517. The first kappa shape index (κ1) is 22.3. The number of carbonyl (C=O) groups excluding carboxylic acids is 2. The first-order valence-corrected chi connectivity index (χ1v) is 12.1. The summed E-state index contributed by atoms with van der Waals surface area (Å²) >= 11 is 0. The highest BCUT2D eigenvalue weighted by Crippen LogP contribution is 2.33. The molecule has 9 heteroatoms.